The van der Waals surface area contributed by atoms with Crippen molar-refractivity contribution in [1.82, 2.24) is 4.90 Å². The van der Waals surface area contributed by atoms with Gasteiger partial charge in [-0.15, -0.1) is 0 Å². The number of Topliss-reactive ketones (excluding diaryl/α,β-unsaturated/α-hetero) is 1. The second-order valence-corrected chi connectivity index (χ2v) is 4.40. The Labute approximate surface area is 84.5 Å². The van der Waals surface area contributed by atoms with E-state index in [1.165, 1.54) is 12.8 Å². The highest BCUT2D eigenvalue weighted by Crippen LogP contribution is 2.30. The number of carbonyl (C=O) groups is 2. The minimum Gasteiger partial charge on any atom is -0.333 e. The summed E-state index contributed by atoms with van der Waals surface area (Å²) in [4.78, 5) is 24.8. The summed E-state index contributed by atoms with van der Waals surface area (Å²) >= 11 is 0. The van der Waals surface area contributed by atoms with Crippen LogP contribution in [0.4, 0.5) is 0 Å². The van der Waals surface area contributed by atoms with E-state index in [-0.39, 0.29) is 17.9 Å². The van der Waals surface area contributed by atoms with Crippen LogP contribution in [0.25, 0.3) is 0 Å². The van der Waals surface area contributed by atoms with Crippen LogP contribution >= 0.6 is 0 Å². The first-order chi connectivity index (χ1) is 6.70. The Morgan fingerprint density at radius 2 is 1.79 bits per heavy atom. The largest absolute Gasteiger partial charge is 0.333 e. The molecule has 0 aromatic heterocycles. The average molecular weight is 195 g/mol. The van der Waals surface area contributed by atoms with Crippen LogP contribution in [0.15, 0.2) is 0 Å². The molecule has 2 rings (SSSR count). The predicted octanol–water partition coefficient (Wildman–Crippen LogP) is 1.37. The topological polar surface area (TPSA) is 37.4 Å². The molecule has 0 radical (unpaired) electrons. The molecule has 1 aliphatic heterocycles. The van der Waals surface area contributed by atoms with Gasteiger partial charge in [0, 0.05) is 19.4 Å². The summed E-state index contributed by atoms with van der Waals surface area (Å²) < 4.78 is 0. The fraction of sp³-hybridized carbons (Fsp3) is 0.818. The minimum atomic E-state index is -0.0735. The highest BCUT2D eigenvalue weighted by atomic mass is 16.2. The van der Waals surface area contributed by atoms with E-state index in [0.29, 0.717) is 5.78 Å². The summed E-state index contributed by atoms with van der Waals surface area (Å²) in [5, 5.41) is 0. The van der Waals surface area contributed by atoms with Crippen molar-refractivity contribution in [3.05, 3.63) is 0 Å². The smallest absolute Gasteiger partial charge is 0.220 e. The zero-order valence-electron chi connectivity index (χ0n) is 8.66. The first-order valence-corrected chi connectivity index (χ1v) is 5.51. The lowest BCUT2D eigenvalue weighted by Crippen LogP contribution is -2.55. The fourth-order valence-corrected chi connectivity index (χ4v) is 2.54. The Morgan fingerprint density at radius 1 is 1.14 bits per heavy atom. The molecule has 3 nitrogen and oxygen atoms in total. The Hall–Kier alpha value is -0.860. The lowest BCUT2D eigenvalue weighted by atomic mass is 9.89. The van der Waals surface area contributed by atoms with E-state index in [4.69, 9.17) is 0 Å². The monoisotopic (exact) mass is 195 g/mol. The van der Waals surface area contributed by atoms with E-state index in [0.717, 1.165) is 25.8 Å². The maximum absolute atomic E-state index is 11.9. The zero-order chi connectivity index (χ0) is 10.1. The molecule has 2 aliphatic rings. The number of likely N-dealkylation sites (tertiary alicyclic amines) is 1. The third-order valence-electron chi connectivity index (χ3n) is 3.51. The van der Waals surface area contributed by atoms with Crippen molar-refractivity contribution in [1.29, 1.82) is 0 Å². The third kappa shape index (κ3) is 1.56. The standard InChI is InChI=1S/C11H17NO2/c1-8(13)12-7-6-10(12)11(14)9-4-2-3-5-9/h9-10H,2-7H2,1H3. The number of carbonyl (C=O) groups excluding carboxylic acids is 2. The van der Waals surface area contributed by atoms with E-state index in [2.05, 4.69) is 0 Å². The Morgan fingerprint density at radius 3 is 2.21 bits per heavy atom. The van der Waals surface area contributed by atoms with Crippen LogP contribution in [0.2, 0.25) is 0 Å². The van der Waals surface area contributed by atoms with Gasteiger partial charge >= 0.3 is 0 Å². The second-order valence-electron chi connectivity index (χ2n) is 4.40. The molecule has 1 aliphatic carbocycles. The van der Waals surface area contributed by atoms with Gasteiger partial charge in [-0.05, 0) is 19.3 Å². The number of rotatable bonds is 2. The van der Waals surface area contributed by atoms with Crippen LogP contribution in [0.3, 0.4) is 0 Å². The highest BCUT2D eigenvalue weighted by Gasteiger charge is 2.39. The molecule has 1 unspecified atom stereocenters. The van der Waals surface area contributed by atoms with Crippen LogP contribution in [0, 0.1) is 5.92 Å². The van der Waals surface area contributed by atoms with E-state index in [1.807, 2.05) is 0 Å². The second kappa shape index (κ2) is 3.71. The van der Waals surface area contributed by atoms with Crippen LogP contribution in [-0.2, 0) is 9.59 Å². The van der Waals surface area contributed by atoms with Gasteiger partial charge in [0.2, 0.25) is 5.91 Å². The minimum absolute atomic E-state index is 0.0487. The van der Waals surface area contributed by atoms with Crippen molar-refractivity contribution in [3.63, 3.8) is 0 Å². The maximum atomic E-state index is 11.9. The number of hydrogen-bond donors (Lipinski definition) is 0. The predicted molar refractivity (Wildman–Crippen MR) is 52.8 cm³/mol. The van der Waals surface area contributed by atoms with Crippen molar-refractivity contribution < 1.29 is 9.59 Å². The lowest BCUT2D eigenvalue weighted by molar-refractivity contribution is -0.146. The molecule has 78 valence electrons. The first kappa shape index (κ1) is 9.69. The van der Waals surface area contributed by atoms with Crippen LogP contribution in [-0.4, -0.2) is 29.2 Å². The van der Waals surface area contributed by atoms with Gasteiger partial charge in [-0.2, -0.15) is 0 Å². The molecule has 0 aromatic carbocycles. The molecule has 14 heavy (non-hydrogen) atoms. The van der Waals surface area contributed by atoms with Crippen LogP contribution in [0.5, 0.6) is 0 Å². The summed E-state index contributed by atoms with van der Waals surface area (Å²) in [6, 6.07) is -0.0735. The molecule has 0 spiro atoms. The summed E-state index contributed by atoms with van der Waals surface area (Å²) in [5.74, 6) is 0.624. The number of nitrogens with zero attached hydrogens (tertiary/aromatic N) is 1. The van der Waals surface area contributed by atoms with Crippen molar-refractivity contribution in [2.75, 3.05) is 6.54 Å². The molecule has 3 heteroatoms. The lowest BCUT2D eigenvalue weighted by Gasteiger charge is -2.40. The molecule has 1 heterocycles. The highest BCUT2D eigenvalue weighted by molar-refractivity contribution is 5.91. The van der Waals surface area contributed by atoms with Gasteiger partial charge in [-0.25, -0.2) is 0 Å². The molecular formula is C11H17NO2. The molecule has 1 saturated carbocycles. The summed E-state index contributed by atoms with van der Waals surface area (Å²) in [6.45, 7) is 2.33. The molecule has 1 atom stereocenters. The summed E-state index contributed by atoms with van der Waals surface area (Å²) in [7, 11) is 0. The maximum Gasteiger partial charge on any atom is 0.220 e. The van der Waals surface area contributed by atoms with E-state index in [1.54, 1.807) is 11.8 Å². The van der Waals surface area contributed by atoms with Crippen LogP contribution < -0.4 is 0 Å². The number of ketones is 1. The van der Waals surface area contributed by atoms with E-state index >= 15 is 0 Å². The zero-order valence-corrected chi connectivity index (χ0v) is 8.66. The van der Waals surface area contributed by atoms with Gasteiger partial charge in [-0.1, -0.05) is 12.8 Å². The van der Waals surface area contributed by atoms with Gasteiger partial charge in [0.25, 0.3) is 0 Å². The van der Waals surface area contributed by atoms with Gasteiger partial charge in [0.1, 0.15) is 0 Å². The van der Waals surface area contributed by atoms with Crippen molar-refractivity contribution in [2.45, 2.75) is 45.1 Å². The Bertz CT molecular complexity index is 256. The van der Waals surface area contributed by atoms with E-state index in [9.17, 15) is 9.59 Å². The quantitative estimate of drug-likeness (QED) is 0.667. The molecular weight excluding hydrogens is 178 g/mol. The van der Waals surface area contributed by atoms with Crippen LogP contribution in [0.1, 0.15) is 39.0 Å². The van der Waals surface area contributed by atoms with Crippen molar-refractivity contribution in [2.24, 2.45) is 5.92 Å². The molecule has 0 aromatic rings. The van der Waals surface area contributed by atoms with Gasteiger partial charge < -0.3 is 4.90 Å². The fourth-order valence-electron chi connectivity index (χ4n) is 2.54. The Kier molecular flexibility index (Phi) is 2.57. The summed E-state index contributed by atoms with van der Waals surface area (Å²) in [5.41, 5.74) is 0. The average Bonchev–Trinajstić information content (AvgIpc) is 2.51. The van der Waals surface area contributed by atoms with Gasteiger partial charge in [0.05, 0.1) is 6.04 Å². The number of hydrogen-bond acceptors (Lipinski definition) is 2. The first-order valence-electron chi connectivity index (χ1n) is 5.51. The molecule has 1 amide bonds. The molecule has 2 fully saturated rings. The normalized spacial score (nSPS) is 27.5. The van der Waals surface area contributed by atoms with Crippen molar-refractivity contribution >= 4 is 11.7 Å². The molecule has 1 saturated heterocycles. The third-order valence-corrected chi connectivity index (χ3v) is 3.51. The number of amides is 1. The van der Waals surface area contributed by atoms with Gasteiger partial charge in [0.15, 0.2) is 5.78 Å². The SMILES string of the molecule is CC(=O)N1CCC1C(=O)C1CCCC1. The molecule has 0 bridgehead atoms. The summed E-state index contributed by atoms with van der Waals surface area (Å²) in [6.07, 6.45) is 5.34. The van der Waals surface area contributed by atoms with Crippen molar-refractivity contribution in [3.8, 4) is 0 Å². The van der Waals surface area contributed by atoms with Gasteiger partial charge in [-0.3, -0.25) is 9.59 Å². The molecule has 0 N–H and O–H groups in total. The van der Waals surface area contributed by atoms with E-state index < -0.39 is 0 Å². The Balaban J connectivity index is 1.94.